The van der Waals surface area contributed by atoms with Crippen LogP contribution in [0, 0.1) is 11.7 Å². The molecule has 0 aliphatic carbocycles. The first kappa shape index (κ1) is 22.3. The Morgan fingerprint density at radius 3 is 2.56 bits per heavy atom. The van der Waals surface area contributed by atoms with E-state index in [0.29, 0.717) is 35.4 Å². The Morgan fingerprint density at radius 2 is 1.88 bits per heavy atom. The molecule has 7 heteroatoms. The third-order valence-corrected chi connectivity index (χ3v) is 6.87. The number of carbonyl (C=O) groups is 2. The van der Waals surface area contributed by atoms with Gasteiger partial charge in [-0.1, -0.05) is 24.3 Å². The summed E-state index contributed by atoms with van der Waals surface area (Å²) >= 11 is 0. The van der Waals surface area contributed by atoms with Gasteiger partial charge in [0.15, 0.2) is 0 Å². The van der Waals surface area contributed by atoms with Gasteiger partial charge >= 0.3 is 5.97 Å². The van der Waals surface area contributed by atoms with Gasteiger partial charge < -0.3 is 15.2 Å². The number of fused-ring (bicyclic) bond motifs is 1. The first-order valence-corrected chi connectivity index (χ1v) is 11.5. The van der Waals surface area contributed by atoms with Crippen LogP contribution in [0.1, 0.15) is 43.4 Å². The van der Waals surface area contributed by atoms with Gasteiger partial charge in [-0.25, -0.2) is 4.39 Å². The fourth-order valence-electron chi connectivity index (χ4n) is 4.99. The molecule has 1 fully saturated rings. The number of carboxylic acid groups (broad SMARTS) is 1. The van der Waals surface area contributed by atoms with E-state index in [0.717, 1.165) is 36.3 Å². The summed E-state index contributed by atoms with van der Waals surface area (Å²) in [5, 5.41) is 12.0. The number of allylic oxidation sites excluding steroid dienone is 1. The van der Waals surface area contributed by atoms with Gasteiger partial charge in [0, 0.05) is 23.4 Å². The Hall–Kier alpha value is -3.45. The monoisotopic (exact) mass is 462 g/mol. The molecular formula is C27H27FN2O4. The lowest BCUT2D eigenvalue weighted by Crippen LogP contribution is -2.35. The summed E-state index contributed by atoms with van der Waals surface area (Å²) in [7, 11) is 0. The molecule has 0 spiro atoms. The van der Waals surface area contributed by atoms with Crippen LogP contribution >= 0.6 is 0 Å². The van der Waals surface area contributed by atoms with Crippen LogP contribution in [0.15, 0.2) is 54.3 Å². The van der Waals surface area contributed by atoms with Gasteiger partial charge in [0.2, 0.25) is 0 Å². The number of likely N-dealkylation sites (tertiary alicyclic amines) is 1. The number of amides is 1. The van der Waals surface area contributed by atoms with Gasteiger partial charge in [0.1, 0.15) is 17.2 Å². The largest absolute Gasteiger partial charge is 0.482 e. The fraction of sp³-hybridized carbons (Fsp3) is 0.333. The third-order valence-electron chi connectivity index (χ3n) is 6.87. The van der Waals surface area contributed by atoms with Gasteiger partial charge in [-0.05, 0) is 75.2 Å². The topological polar surface area (TPSA) is 78.9 Å². The highest BCUT2D eigenvalue weighted by Crippen LogP contribution is 2.44. The van der Waals surface area contributed by atoms with Crippen LogP contribution in [0.25, 0.3) is 11.1 Å². The molecule has 2 aromatic rings. The molecule has 34 heavy (non-hydrogen) atoms. The van der Waals surface area contributed by atoms with Crippen molar-refractivity contribution in [1.29, 1.82) is 0 Å². The summed E-state index contributed by atoms with van der Waals surface area (Å²) in [5.41, 5.74) is 3.88. The van der Waals surface area contributed by atoms with Crippen molar-refractivity contribution in [3.63, 3.8) is 0 Å². The summed E-state index contributed by atoms with van der Waals surface area (Å²) in [6.07, 6.45) is 3.24. The minimum atomic E-state index is -0.697. The van der Waals surface area contributed by atoms with Crippen molar-refractivity contribution in [2.45, 2.75) is 38.8 Å². The van der Waals surface area contributed by atoms with E-state index in [-0.39, 0.29) is 11.8 Å². The number of carboxylic acids is 1. The lowest BCUT2D eigenvalue weighted by molar-refractivity contribution is -0.143. The normalized spacial score (nSPS) is 22.2. The summed E-state index contributed by atoms with van der Waals surface area (Å²) in [6.45, 7) is 6.25. The summed E-state index contributed by atoms with van der Waals surface area (Å²) in [5.74, 6) is -1.20. The number of rotatable bonds is 4. The lowest BCUT2D eigenvalue weighted by atomic mass is 9.91. The molecule has 0 saturated carbocycles. The summed E-state index contributed by atoms with van der Waals surface area (Å²) in [4.78, 5) is 26.1. The molecule has 0 aromatic heterocycles. The Labute approximate surface area is 197 Å². The van der Waals surface area contributed by atoms with Gasteiger partial charge in [0.05, 0.1) is 11.5 Å². The zero-order valence-electron chi connectivity index (χ0n) is 19.2. The van der Waals surface area contributed by atoms with Crippen molar-refractivity contribution in [2.75, 3.05) is 18.4 Å². The second kappa shape index (κ2) is 8.40. The summed E-state index contributed by atoms with van der Waals surface area (Å²) < 4.78 is 20.1. The Kier molecular flexibility index (Phi) is 5.52. The van der Waals surface area contributed by atoms with Crippen molar-refractivity contribution in [1.82, 2.24) is 4.90 Å². The Balaban J connectivity index is 1.37. The number of nitrogens with zero attached hydrogens (tertiary/aromatic N) is 1. The lowest BCUT2D eigenvalue weighted by Gasteiger charge is -2.30. The average molecular weight is 463 g/mol. The number of aliphatic carboxylic acids is 1. The second-order valence-corrected chi connectivity index (χ2v) is 9.64. The molecule has 2 N–H and O–H groups in total. The SMILES string of the molecule is CC1(C)O/C(=C2/C(=O)Nc3ccc(F)cc32)C=C1c1ccc(CN2CCC(C(=O)O)CC2)cc1. The molecule has 6 nitrogen and oxygen atoms in total. The maximum atomic E-state index is 13.9. The van der Waals surface area contributed by atoms with Crippen LogP contribution in [-0.2, 0) is 20.9 Å². The van der Waals surface area contributed by atoms with E-state index in [1.54, 1.807) is 6.07 Å². The van der Waals surface area contributed by atoms with Gasteiger partial charge in [-0.2, -0.15) is 0 Å². The number of halogens is 1. The van der Waals surface area contributed by atoms with E-state index in [2.05, 4.69) is 22.3 Å². The Bertz CT molecular complexity index is 1220. The van der Waals surface area contributed by atoms with E-state index in [1.807, 2.05) is 32.1 Å². The quantitative estimate of drug-likeness (QED) is 0.646. The number of nitrogens with one attached hydrogen (secondary N) is 1. The van der Waals surface area contributed by atoms with Crippen LogP contribution in [0.2, 0.25) is 0 Å². The molecule has 3 heterocycles. The van der Waals surface area contributed by atoms with Gasteiger partial charge in [-0.3, -0.25) is 14.5 Å². The van der Waals surface area contributed by atoms with Gasteiger partial charge in [-0.15, -0.1) is 0 Å². The summed E-state index contributed by atoms with van der Waals surface area (Å²) in [6, 6.07) is 12.5. The standard InChI is InChI=1S/C27H27FN2O4/c1-27(2)21(14-23(34-27)24-20-13-19(28)7-8-22(20)29-25(24)31)17-5-3-16(4-6-17)15-30-11-9-18(10-12-30)26(32)33/h3-8,13-14,18H,9-12,15H2,1-2H3,(H,29,31)(H,32,33)/b24-23+. The first-order valence-electron chi connectivity index (χ1n) is 11.5. The molecule has 1 amide bonds. The van der Waals surface area contributed by atoms with Crippen molar-refractivity contribution in [2.24, 2.45) is 5.92 Å². The Morgan fingerprint density at radius 1 is 1.18 bits per heavy atom. The maximum absolute atomic E-state index is 13.9. The number of piperidine rings is 1. The van der Waals surface area contributed by atoms with Crippen molar-refractivity contribution >= 4 is 28.7 Å². The average Bonchev–Trinajstić information content (AvgIpc) is 3.29. The fourth-order valence-corrected chi connectivity index (χ4v) is 4.99. The highest BCUT2D eigenvalue weighted by atomic mass is 19.1. The van der Waals surface area contributed by atoms with E-state index in [9.17, 15) is 19.1 Å². The van der Waals surface area contributed by atoms with Crippen molar-refractivity contribution in [3.05, 3.63) is 76.8 Å². The molecular weight excluding hydrogens is 435 g/mol. The maximum Gasteiger partial charge on any atom is 0.306 e. The molecule has 5 rings (SSSR count). The minimum Gasteiger partial charge on any atom is -0.482 e. The minimum absolute atomic E-state index is 0.233. The van der Waals surface area contributed by atoms with Crippen LogP contribution in [0.3, 0.4) is 0 Å². The molecule has 1 saturated heterocycles. The zero-order valence-corrected chi connectivity index (χ0v) is 19.2. The highest BCUT2D eigenvalue weighted by molar-refractivity contribution is 6.32. The first-order chi connectivity index (χ1) is 16.2. The molecule has 3 aliphatic heterocycles. The number of hydrogen-bond donors (Lipinski definition) is 2. The van der Waals surface area contributed by atoms with E-state index >= 15 is 0 Å². The number of ether oxygens (including phenoxy) is 1. The van der Waals surface area contributed by atoms with Crippen LogP contribution < -0.4 is 5.32 Å². The number of hydrogen-bond acceptors (Lipinski definition) is 4. The predicted molar refractivity (Wildman–Crippen MR) is 127 cm³/mol. The second-order valence-electron chi connectivity index (χ2n) is 9.64. The predicted octanol–water partition coefficient (Wildman–Crippen LogP) is 4.68. The molecule has 3 aliphatic rings. The van der Waals surface area contributed by atoms with E-state index in [4.69, 9.17) is 4.74 Å². The van der Waals surface area contributed by atoms with Gasteiger partial charge in [0.25, 0.3) is 5.91 Å². The van der Waals surface area contributed by atoms with E-state index < -0.39 is 17.4 Å². The van der Waals surface area contributed by atoms with Crippen molar-refractivity contribution < 1.29 is 23.8 Å². The van der Waals surface area contributed by atoms with Crippen LogP contribution in [0.5, 0.6) is 0 Å². The molecule has 176 valence electrons. The molecule has 0 unspecified atom stereocenters. The smallest absolute Gasteiger partial charge is 0.306 e. The number of anilines is 1. The highest BCUT2D eigenvalue weighted by Gasteiger charge is 2.38. The molecule has 0 radical (unpaired) electrons. The number of carbonyl (C=O) groups excluding carboxylic acids is 1. The zero-order chi connectivity index (χ0) is 24.0. The molecule has 0 bridgehead atoms. The third kappa shape index (κ3) is 4.12. The molecule has 2 aromatic carbocycles. The van der Waals surface area contributed by atoms with E-state index in [1.165, 1.54) is 12.1 Å². The van der Waals surface area contributed by atoms with Crippen LogP contribution in [0.4, 0.5) is 10.1 Å². The van der Waals surface area contributed by atoms with Crippen molar-refractivity contribution in [3.8, 4) is 0 Å². The number of benzene rings is 2. The van der Waals surface area contributed by atoms with Crippen LogP contribution in [-0.4, -0.2) is 40.6 Å². The molecule has 0 atom stereocenters.